The minimum Gasteiger partial charge on any atom is -0.422 e. The van der Waals surface area contributed by atoms with Crippen molar-refractivity contribution in [2.45, 2.75) is 6.18 Å². The Labute approximate surface area is 59.1 Å². The highest BCUT2D eigenvalue weighted by molar-refractivity contribution is 5.12. The average molecular weight is 162 g/mol. The van der Waals surface area contributed by atoms with Crippen molar-refractivity contribution in [2.24, 2.45) is 0 Å². The van der Waals surface area contributed by atoms with Crippen molar-refractivity contribution in [1.29, 1.82) is 5.26 Å². The first kappa shape index (κ1) is 7.60. The number of nitrogens with zero attached hydrogens (tertiary/aromatic N) is 2. The van der Waals surface area contributed by atoms with Crippen LogP contribution in [0.2, 0.25) is 0 Å². The summed E-state index contributed by atoms with van der Waals surface area (Å²) in [4.78, 5) is 2.84. The van der Waals surface area contributed by atoms with Crippen molar-refractivity contribution < 1.29 is 17.6 Å². The predicted molar refractivity (Wildman–Crippen MR) is 26.2 cm³/mol. The van der Waals surface area contributed by atoms with E-state index in [1.54, 1.807) is 0 Å². The monoisotopic (exact) mass is 162 g/mol. The molecule has 0 saturated heterocycles. The van der Waals surface area contributed by atoms with Gasteiger partial charge < -0.3 is 4.42 Å². The molecule has 1 aromatic heterocycles. The fraction of sp³-hybridized carbons (Fsp3) is 0.200. The van der Waals surface area contributed by atoms with E-state index in [9.17, 15) is 13.2 Å². The first-order valence-corrected chi connectivity index (χ1v) is 2.47. The first-order valence-electron chi connectivity index (χ1n) is 2.47. The third-order valence-corrected chi connectivity index (χ3v) is 0.858. The van der Waals surface area contributed by atoms with E-state index < -0.39 is 17.8 Å². The van der Waals surface area contributed by atoms with E-state index in [0.717, 1.165) is 6.20 Å². The van der Waals surface area contributed by atoms with Gasteiger partial charge in [0.05, 0.1) is 6.20 Å². The van der Waals surface area contributed by atoms with E-state index in [1.807, 2.05) is 0 Å². The first-order chi connectivity index (χ1) is 5.04. The van der Waals surface area contributed by atoms with Crippen molar-refractivity contribution in [3.63, 3.8) is 0 Å². The molecule has 1 rings (SSSR count). The number of hydrogen-bond donors (Lipinski definition) is 0. The van der Waals surface area contributed by atoms with Gasteiger partial charge in [0.15, 0.2) is 0 Å². The highest BCUT2D eigenvalue weighted by atomic mass is 19.4. The molecule has 58 valence electrons. The molecule has 0 unspecified atom stereocenters. The van der Waals surface area contributed by atoms with Crippen LogP contribution in [0.3, 0.4) is 0 Å². The number of hydrogen-bond acceptors (Lipinski definition) is 3. The third-order valence-electron chi connectivity index (χ3n) is 0.858. The van der Waals surface area contributed by atoms with E-state index in [4.69, 9.17) is 5.26 Å². The van der Waals surface area contributed by atoms with Crippen molar-refractivity contribution in [3.8, 4) is 6.07 Å². The molecule has 0 aliphatic rings. The molecule has 6 heteroatoms. The molecule has 0 fully saturated rings. The number of halogens is 3. The molecule has 1 heterocycles. The average Bonchev–Trinajstić information content (AvgIpc) is 2.32. The minimum absolute atomic E-state index is 0.447. The molecule has 0 saturated carbocycles. The van der Waals surface area contributed by atoms with Gasteiger partial charge >= 0.3 is 12.1 Å². The highest BCUT2D eigenvalue weighted by Gasteiger charge is 2.37. The number of oxazole rings is 1. The molecule has 0 aromatic carbocycles. The van der Waals surface area contributed by atoms with E-state index >= 15 is 0 Å². The van der Waals surface area contributed by atoms with E-state index in [1.165, 1.54) is 6.07 Å². The lowest BCUT2D eigenvalue weighted by Crippen LogP contribution is -2.04. The Balaban J connectivity index is 3.01. The van der Waals surface area contributed by atoms with Crippen LogP contribution in [0, 0.1) is 11.3 Å². The van der Waals surface area contributed by atoms with Gasteiger partial charge in [0.25, 0.3) is 0 Å². The fourth-order valence-electron chi connectivity index (χ4n) is 0.457. The standard InChI is InChI=1S/C5HF3N2O/c6-5(7,8)4-10-2-3(1-9)11-4/h2H. The van der Waals surface area contributed by atoms with Crippen molar-refractivity contribution in [3.05, 3.63) is 17.8 Å². The van der Waals surface area contributed by atoms with Crippen molar-refractivity contribution in [2.75, 3.05) is 0 Å². The fourth-order valence-corrected chi connectivity index (χ4v) is 0.457. The van der Waals surface area contributed by atoms with Gasteiger partial charge in [-0.15, -0.1) is 0 Å². The largest absolute Gasteiger partial charge is 0.468 e. The Morgan fingerprint density at radius 2 is 2.18 bits per heavy atom. The summed E-state index contributed by atoms with van der Waals surface area (Å²) in [5.41, 5.74) is 0. The molecule has 0 aliphatic carbocycles. The number of rotatable bonds is 0. The number of alkyl halides is 3. The molecule has 0 radical (unpaired) electrons. The molecular weight excluding hydrogens is 161 g/mol. The summed E-state index contributed by atoms with van der Waals surface area (Å²) < 4.78 is 39.0. The Morgan fingerprint density at radius 3 is 2.45 bits per heavy atom. The topological polar surface area (TPSA) is 49.8 Å². The van der Waals surface area contributed by atoms with Gasteiger partial charge in [-0.25, -0.2) is 4.98 Å². The Bertz CT molecular complexity index is 295. The molecule has 0 aliphatic heterocycles. The van der Waals surface area contributed by atoms with Gasteiger partial charge in [0.1, 0.15) is 6.07 Å². The second-order valence-corrected chi connectivity index (χ2v) is 1.64. The molecule has 0 N–H and O–H groups in total. The second kappa shape index (κ2) is 2.27. The molecule has 3 nitrogen and oxygen atoms in total. The van der Waals surface area contributed by atoms with Crippen molar-refractivity contribution >= 4 is 0 Å². The maximum absolute atomic E-state index is 11.7. The second-order valence-electron chi connectivity index (χ2n) is 1.64. The lowest BCUT2D eigenvalue weighted by molar-refractivity contribution is -0.157. The van der Waals surface area contributed by atoms with Gasteiger partial charge in [-0.2, -0.15) is 18.4 Å². The highest BCUT2D eigenvalue weighted by Crippen LogP contribution is 2.28. The number of nitriles is 1. The third kappa shape index (κ3) is 1.49. The molecule has 0 spiro atoms. The molecule has 0 bridgehead atoms. The molecule has 11 heavy (non-hydrogen) atoms. The zero-order valence-corrected chi connectivity index (χ0v) is 5.01. The van der Waals surface area contributed by atoms with E-state index in [2.05, 4.69) is 9.40 Å². The maximum Gasteiger partial charge on any atom is 0.468 e. The van der Waals surface area contributed by atoms with Gasteiger partial charge in [0.2, 0.25) is 5.76 Å². The van der Waals surface area contributed by atoms with Crippen LogP contribution in [0.4, 0.5) is 13.2 Å². The smallest absolute Gasteiger partial charge is 0.422 e. The summed E-state index contributed by atoms with van der Waals surface area (Å²) in [6, 6.07) is 1.39. The van der Waals surface area contributed by atoms with Crippen LogP contribution in [0.25, 0.3) is 0 Å². The van der Waals surface area contributed by atoms with Crippen LogP contribution in [0.5, 0.6) is 0 Å². The van der Waals surface area contributed by atoms with Crippen LogP contribution in [0.1, 0.15) is 11.7 Å². The Kier molecular flexibility index (Phi) is 1.57. The van der Waals surface area contributed by atoms with E-state index in [0.29, 0.717) is 0 Å². The lowest BCUT2D eigenvalue weighted by Gasteiger charge is -1.96. The zero-order chi connectivity index (χ0) is 8.48. The zero-order valence-electron chi connectivity index (χ0n) is 5.01. The molecule has 1 aromatic rings. The maximum atomic E-state index is 11.7. The number of aromatic nitrogens is 1. The normalized spacial score (nSPS) is 11.1. The predicted octanol–water partition coefficient (Wildman–Crippen LogP) is 1.57. The summed E-state index contributed by atoms with van der Waals surface area (Å²) in [6.07, 6.45) is -3.89. The Morgan fingerprint density at radius 1 is 1.55 bits per heavy atom. The van der Waals surface area contributed by atoms with Gasteiger partial charge in [-0.1, -0.05) is 0 Å². The summed E-state index contributed by atoms with van der Waals surface area (Å²) in [7, 11) is 0. The van der Waals surface area contributed by atoms with Gasteiger partial charge in [0, 0.05) is 0 Å². The van der Waals surface area contributed by atoms with Crippen LogP contribution < -0.4 is 0 Å². The van der Waals surface area contributed by atoms with Crippen LogP contribution in [-0.2, 0) is 6.18 Å². The van der Waals surface area contributed by atoms with Crippen LogP contribution in [0.15, 0.2) is 10.6 Å². The van der Waals surface area contributed by atoms with Gasteiger partial charge in [-0.05, 0) is 0 Å². The SMILES string of the molecule is N#Cc1cnc(C(F)(F)F)o1. The lowest BCUT2D eigenvalue weighted by atomic mass is 10.6. The molecular formula is C5HF3N2O. The van der Waals surface area contributed by atoms with Crippen molar-refractivity contribution in [1.82, 2.24) is 4.98 Å². The molecule has 0 atom stereocenters. The molecule has 0 amide bonds. The quantitative estimate of drug-likeness (QED) is 0.581. The summed E-state index contributed by atoms with van der Waals surface area (Å²) in [5, 5.41) is 8.07. The summed E-state index contributed by atoms with van der Waals surface area (Å²) in [5.74, 6) is -1.84. The minimum atomic E-state index is -4.62. The van der Waals surface area contributed by atoms with Crippen LogP contribution in [-0.4, -0.2) is 4.98 Å². The van der Waals surface area contributed by atoms with Crippen LogP contribution >= 0.6 is 0 Å². The summed E-state index contributed by atoms with van der Waals surface area (Å²) >= 11 is 0. The van der Waals surface area contributed by atoms with Gasteiger partial charge in [-0.3, -0.25) is 0 Å². The Hall–Kier alpha value is -1.51. The van der Waals surface area contributed by atoms with E-state index in [-0.39, 0.29) is 0 Å². The summed E-state index contributed by atoms with van der Waals surface area (Å²) in [6.45, 7) is 0.